The number of rotatable bonds is 3. The molecule has 168 valence electrons. The van der Waals surface area contributed by atoms with Crippen LogP contribution in [0.25, 0.3) is 0 Å². The van der Waals surface area contributed by atoms with E-state index in [1.54, 1.807) is 39.0 Å². The molecule has 8 heteroatoms. The highest BCUT2D eigenvalue weighted by atomic mass is 16.2. The van der Waals surface area contributed by atoms with Crippen LogP contribution in [0.2, 0.25) is 0 Å². The van der Waals surface area contributed by atoms with Gasteiger partial charge in [0.2, 0.25) is 17.7 Å². The standard InChI is InChI=1S/C23H32N4O4/c1-16(28)24-19-8-5-7-17(13-19)21(30)25-9-6-10-26(12-11-25)22(31)18-14-20(29)27(15-18)23(2,3)4/h5,7-8,13,18H,6,9-12,14-15H2,1-4H3,(H,24,28). The smallest absolute Gasteiger partial charge is 0.253 e. The van der Waals surface area contributed by atoms with Crippen molar-refractivity contribution in [3.63, 3.8) is 0 Å². The molecule has 3 rings (SSSR count). The second-order valence-corrected chi connectivity index (χ2v) is 9.31. The lowest BCUT2D eigenvalue weighted by Gasteiger charge is -2.32. The van der Waals surface area contributed by atoms with Gasteiger partial charge in [-0.1, -0.05) is 6.07 Å². The molecule has 0 aromatic heterocycles. The summed E-state index contributed by atoms with van der Waals surface area (Å²) in [7, 11) is 0. The zero-order valence-corrected chi connectivity index (χ0v) is 18.8. The summed E-state index contributed by atoms with van der Waals surface area (Å²) >= 11 is 0. The number of nitrogens with zero attached hydrogens (tertiary/aromatic N) is 3. The summed E-state index contributed by atoms with van der Waals surface area (Å²) in [6, 6.07) is 6.88. The van der Waals surface area contributed by atoms with Gasteiger partial charge >= 0.3 is 0 Å². The van der Waals surface area contributed by atoms with Crippen LogP contribution in [0.5, 0.6) is 0 Å². The van der Waals surface area contributed by atoms with E-state index in [-0.39, 0.29) is 41.5 Å². The van der Waals surface area contributed by atoms with Crippen molar-refractivity contribution in [3.8, 4) is 0 Å². The lowest BCUT2D eigenvalue weighted by molar-refractivity contribution is -0.135. The molecule has 1 unspecified atom stereocenters. The van der Waals surface area contributed by atoms with Crippen LogP contribution in [-0.4, -0.2) is 76.6 Å². The first kappa shape index (κ1) is 22.8. The Morgan fingerprint density at radius 2 is 1.71 bits per heavy atom. The minimum absolute atomic E-state index is 0.00190. The number of anilines is 1. The van der Waals surface area contributed by atoms with Crippen LogP contribution in [0, 0.1) is 5.92 Å². The van der Waals surface area contributed by atoms with E-state index < -0.39 is 0 Å². The minimum Gasteiger partial charge on any atom is -0.341 e. The second-order valence-electron chi connectivity index (χ2n) is 9.31. The van der Waals surface area contributed by atoms with Gasteiger partial charge in [-0.3, -0.25) is 19.2 Å². The lowest BCUT2D eigenvalue weighted by atomic mass is 10.1. The third-order valence-electron chi connectivity index (χ3n) is 5.81. The number of amides is 4. The molecule has 1 aromatic carbocycles. The number of benzene rings is 1. The number of likely N-dealkylation sites (tertiary alicyclic amines) is 1. The molecule has 0 saturated carbocycles. The van der Waals surface area contributed by atoms with Crippen molar-refractivity contribution in [2.45, 2.75) is 46.1 Å². The minimum atomic E-state index is -0.316. The van der Waals surface area contributed by atoms with E-state index in [9.17, 15) is 19.2 Å². The first-order valence-corrected chi connectivity index (χ1v) is 10.8. The Morgan fingerprint density at radius 1 is 1.03 bits per heavy atom. The molecule has 2 saturated heterocycles. The van der Waals surface area contributed by atoms with Crippen LogP contribution in [0.1, 0.15) is 50.9 Å². The number of carbonyl (C=O) groups is 4. The van der Waals surface area contributed by atoms with Crippen molar-refractivity contribution in [1.82, 2.24) is 14.7 Å². The summed E-state index contributed by atoms with van der Waals surface area (Å²) in [5, 5.41) is 2.69. The largest absolute Gasteiger partial charge is 0.341 e. The summed E-state index contributed by atoms with van der Waals surface area (Å²) in [5.74, 6) is -0.595. The Hall–Kier alpha value is -2.90. The normalized spacial score (nSPS) is 19.9. The van der Waals surface area contributed by atoms with Gasteiger partial charge in [-0.2, -0.15) is 0 Å². The maximum absolute atomic E-state index is 13.1. The SMILES string of the molecule is CC(=O)Nc1cccc(C(=O)N2CCCN(C(=O)C3CC(=O)N(C(C)(C)C)C3)CC2)c1. The molecule has 0 bridgehead atoms. The Kier molecular flexibility index (Phi) is 6.67. The first-order chi connectivity index (χ1) is 14.6. The van der Waals surface area contributed by atoms with E-state index in [1.165, 1.54) is 6.92 Å². The van der Waals surface area contributed by atoms with E-state index in [2.05, 4.69) is 5.32 Å². The average Bonchev–Trinajstić information content (AvgIpc) is 2.93. The van der Waals surface area contributed by atoms with E-state index in [4.69, 9.17) is 0 Å². The maximum atomic E-state index is 13.1. The van der Waals surface area contributed by atoms with Crippen LogP contribution < -0.4 is 5.32 Å². The Labute approximate surface area is 183 Å². The number of hydrogen-bond donors (Lipinski definition) is 1. The molecule has 0 aliphatic carbocycles. The van der Waals surface area contributed by atoms with Crippen molar-refractivity contribution in [2.24, 2.45) is 5.92 Å². The van der Waals surface area contributed by atoms with E-state index in [1.807, 2.05) is 20.8 Å². The lowest BCUT2D eigenvalue weighted by Crippen LogP contribution is -2.44. The zero-order chi connectivity index (χ0) is 22.8. The van der Waals surface area contributed by atoms with Gasteiger partial charge in [0.1, 0.15) is 0 Å². The van der Waals surface area contributed by atoms with Gasteiger partial charge in [0.05, 0.1) is 5.92 Å². The van der Waals surface area contributed by atoms with Crippen LogP contribution in [0.15, 0.2) is 24.3 Å². The summed E-state index contributed by atoms with van der Waals surface area (Å²) in [5.41, 5.74) is 0.799. The molecule has 2 fully saturated rings. The van der Waals surface area contributed by atoms with Gasteiger partial charge in [-0.05, 0) is 45.4 Å². The molecule has 2 aliphatic rings. The number of carbonyl (C=O) groups excluding carboxylic acids is 4. The monoisotopic (exact) mass is 428 g/mol. The summed E-state index contributed by atoms with van der Waals surface area (Å²) < 4.78 is 0. The quantitative estimate of drug-likeness (QED) is 0.797. The van der Waals surface area contributed by atoms with E-state index in [0.29, 0.717) is 50.4 Å². The fourth-order valence-electron chi connectivity index (χ4n) is 4.24. The Balaban J connectivity index is 1.62. The molecule has 1 atom stereocenters. The van der Waals surface area contributed by atoms with Gasteiger partial charge in [-0.15, -0.1) is 0 Å². The third-order valence-corrected chi connectivity index (χ3v) is 5.81. The van der Waals surface area contributed by atoms with Crippen molar-refractivity contribution in [2.75, 3.05) is 38.0 Å². The molecular formula is C23H32N4O4. The summed E-state index contributed by atoms with van der Waals surface area (Å²) in [4.78, 5) is 55.0. The van der Waals surface area contributed by atoms with Crippen molar-refractivity contribution >= 4 is 29.3 Å². The predicted octanol–water partition coefficient (Wildman–Crippen LogP) is 1.97. The maximum Gasteiger partial charge on any atom is 0.253 e. The van der Waals surface area contributed by atoms with Crippen molar-refractivity contribution in [3.05, 3.63) is 29.8 Å². The Bertz CT molecular complexity index is 877. The highest BCUT2D eigenvalue weighted by Gasteiger charge is 2.41. The van der Waals surface area contributed by atoms with Crippen LogP contribution in [-0.2, 0) is 14.4 Å². The van der Waals surface area contributed by atoms with E-state index in [0.717, 1.165) is 0 Å². The molecule has 2 aliphatic heterocycles. The van der Waals surface area contributed by atoms with E-state index >= 15 is 0 Å². The number of nitrogens with one attached hydrogen (secondary N) is 1. The molecular weight excluding hydrogens is 396 g/mol. The molecule has 1 aromatic rings. The van der Waals surface area contributed by atoms with Gasteiger partial charge < -0.3 is 20.0 Å². The second kappa shape index (κ2) is 9.08. The molecule has 2 heterocycles. The summed E-state index contributed by atoms with van der Waals surface area (Å²) in [6.07, 6.45) is 0.942. The fourth-order valence-corrected chi connectivity index (χ4v) is 4.24. The predicted molar refractivity (Wildman–Crippen MR) is 117 cm³/mol. The van der Waals surface area contributed by atoms with Gasteiger partial charge in [0, 0.05) is 62.9 Å². The topological polar surface area (TPSA) is 90.0 Å². The fraction of sp³-hybridized carbons (Fsp3) is 0.565. The van der Waals surface area contributed by atoms with Gasteiger partial charge in [0.25, 0.3) is 5.91 Å². The van der Waals surface area contributed by atoms with Crippen LogP contribution in [0.4, 0.5) is 5.69 Å². The number of hydrogen-bond acceptors (Lipinski definition) is 4. The Morgan fingerprint density at radius 3 is 2.35 bits per heavy atom. The van der Waals surface area contributed by atoms with Gasteiger partial charge in [0.15, 0.2) is 0 Å². The zero-order valence-electron chi connectivity index (χ0n) is 18.8. The van der Waals surface area contributed by atoms with Crippen LogP contribution in [0.3, 0.4) is 0 Å². The highest BCUT2D eigenvalue weighted by molar-refractivity contribution is 5.97. The van der Waals surface area contributed by atoms with Crippen molar-refractivity contribution < 1.29 is 19.2 Å². The molecule has 8 nitrogen and oxygen atoms in total. The van der Waals surface area contributed by atoms with Crippen LogP contribution >= 0.6 is 0 Å². The highest BCUT2D eigenvalue weighted by Crippen LogP contribution is 2.27. The summed E-state index contributed by atoms with van der Waals surface area (Å²) in [6.45, 7) is 9.86. The first-order valence-electron chi connectivity index (χ1n) is 10.8. The molecule has 1 N–H and O–H groups in total. The molecule has 0 spiro atoms. The molecule has 0 radical (unpaired) electrons. The molecule has 31 heavy (non-hydrogen) atoms. The molecule has 4 amide bonds. The van der Waals surface area contributed by atoms with Gasteiger partial charge in [-0.25, -0.2) is 0 Å². The third kappa shape index (κ3) is 5.42. The van der Waals surface area contributed by atoms with Crippen molar-refractivity contribution in [1.29, 1.82) is 0 Å². The average molecular weight is 429 g/mol.